The summed E-state index contributed by atoms with van der Waals surface area (Å²) in [6.45, 7) is 4.31. The van der Waals surface area contributed by atoms with Gasteiger partial charge >= 0.3 is 0 Å². The van der Waals surface area contributed by atoms with Crippen LogP contribution in [0.5, 0.6) is 0 Å². The quantitative estimate of drug-likeness (QED) is 0.925. The average molecular weight is 332 g/mol. The lowest BCUT2D eigenvalue weighted by molar-refractivity contribution is -0.137. The summed E-state index contributed by atoms with van der Waals surface area (Å²) in [5.74, 6) is -1.66. The lowest BCUT2D eigenvalue weighted by atomic mass is 10.2. The zero-order chi connectivity index (χ0) is 14.0. The maximum atomic E-state index is 13.7. The summed E-state index contributed by atoms with van der Waals surface area (Å²) >= 11 is 3.05. The number of halogens is 2. The van der Waals surface area contributed by atoms with Gasteiger partial charge in [-0.15, -0.1) is 0 Å². The summed E-state index contributed by atoms with van der Waals surface area (Å²) in [6, 6.07) is 4.59. The third-order valence-electron chi connectivity index (χ3n) is 2.75. The second-order valence-electron chi connectivity index (χ2n) is 4.76. The summed E-state index contributed by atoms with van der Waals surface area (Å²) < 4.78 is 24.9. The van der Waals surface area contributed by atoms with Crippen LogP contribution in [-0.2, 0) is 9.47 Å². The molecule has 6 heteroatoms. The molecular weight excluding hydrogens is 317 g/mol. The van der Waals surface area contributed by atoms with Crippen molar-refractivity contribution in [3.8, 4) is 0 Å². The Bertz CT molecular complexity index is 493. The Labute approximate surface area is 119 Å². The normalized spacial score (nSPS) is 21.4. The highest BCUT2D eigenvalue weighted by molar-refractivity contribution is 9.10. The van der Waals surface area contributed by atoms with Gasteiger partial charge < -0.3 is 14.8 Å². The largest absolute Gasteiger partial charge is 0.349 e. The van der Waals surface area contributed by atoms with Gasteiger partial charge in [0.2, 0.25) is 0 Å². The van der Waals surface area contributed by atoms with Gasteiger partial charge in [0.05, 0.1) is 16.6 Å². The highest BCUT2D eigenvalue weighted by atomic mass is 79.9. The Kier molecular flexibility index (Phi) is 4.23. The Morgan fingerprint density at radius 1 is 1.58 bits per heavy atom. The molecule has 19 heavy (non-hydrogen) atoms. The van der Waals surface area contributed by atoms with Gasteiger partial charge in [-0.05, 0) is 41.9 Å². The number of nitrogens with one attached hydrogen (secondary N) is 1. The van der Waals surface area contributed by atoms with Gasteiger partial charge in [0.1, 0.15) is 11.9 Å². The van der Waals surface area contributed by atoms with Crippen LogP contribution in [0.25, 0.3) is 0 Å². The summed E-state index contributed by atoms with van der Waals surface area (Å²) in [6.07, 6.45) is -0.214. The topological polar surface area (TPSA) is 47.6 Å². The van der Waals surface area contributed by atoms with Crippen molar-refractivity contribution < 1.29 is 18.7 Å². The number of rotatable bonds is 3. The first-order valence-corrected chi connectivity index (χ1v) is 6.72. The molecule has 1 aliphatic rings. The van der Waals surface area contributed by atoms with Gasteiger partial charge in [0.25, 0.3) is 5.91 Å². The minimum absolute atomic E-state index is 0.00699. The van der Waals surface area contributed by atoms with E-state index in [2.05, 4.69) is 21.2 Å². The summed E-state index contributed by atoms with van der Waals surface area (Å²) in [4.78, 5) is 11.9. The van der Waals surface area contributed by atoms with Crippen LogP contribution >= 0.6 is 15.9 Å². The van der Waals surface area contributed by atoms with Crippen LogP contribution in [0.4, 0.5) is 4.39 Å². The van der Waals surface area contributed by atoms with Crippen LogP contribution < -0.4 is 5.32 Å². The smallest absolute Gasteiger partial charge is 0.254 e. The van der Waals surface area contributed by atoms with Crippen molar-refractivity contribution in [1.82, 2.24) is 5.32 Å². The molecule has 1 saturated heterocycles. The van der Waals surface area contributed by atoms with Crippen molar-refractivity contribution in [2.24, 2.45) is 0 Å². The molecular formula is C13H15BrFNO3. The molecule has 104 valence electrons. The van der Waals surface area contributed by atoms with Gasteiger partial charge in [-0.2, -0.15) is 0 Å². The molecule has 1 aliphatic heterocycles. The fourth-order valence-electron chi connectivity index (χ4n) is 1.84. The molecule has 0 radical (unpaired) electrons. The molecule has 4 nitrogen and oxygen atoms in total. The average Bonchev–Trinajstić information content (AvgIpc) is 2.69. The predicted molar refractivity (Wildman–Crippen MR) is 71.3 cm³/mol. The third kappa shape index (κ3) is 3.52. The van der Waals surface area contributed by atoms with Gasteiger partial charge in [0.15, 0.2) is 5.79 Å². The summed E-state index contributed by atoms with van der Waals surface area (Å²) in [5, 5.41) is 2.64. The van der Waals surface area contributed by atoms with Crippen molar-refractivity contribution >= 4 is 21.8 Å². The van der Waals surface area contributed by atoms with Crippen LogP contribution in [0.3, 0.4) is 0 Å². The lowest BCUT2D eigenvalue weighted by Gasteiger charge is -2.17. The Morgan fingerprint density at radius 2 is 2.32 bits per heavy atom. The number of carbonyl (C=O) groups is 1. The van der Waals surface area contributed by atoms with Crippen LogP contribution in [0, 0.1) is 5.82 Å². The highest BCUT2D eigenvalue weighted by Crippen LogP contribution is 2.22. The molecule has 1 N–H and O–H groups in total. The van der Waals surface area contributed by atoms with E-state index in [0.717, 1.165) is 0 Å². The Balaban J connectivity index is 1.93. The number of hydrogen-bond acceptors (Lipinski definition) is 3. The van der Waals surface area contributed by atoms with Crippen LogP contribution in [0.15, 0.2) is 22.7 Å². The minimum Gasteiger partial charge on any atom is -0.349 e. The molecule has 0 bridgehead atoms. The first-order valence-electron chi connectivity index (χ1n) is 5.93. The number of hydrogen-bond donors (Lipinski definition) is 1. The first-order chi connectivity index (χ1) is 8.89. The number of benzene rings is 1. The minimum atomic E-state index is -0.629. The molecule has 2 rings (SSSR count). The number of amides is 1. The molecule has 1 aromatic rings. The van der Waals surface area contributed by atoms with E-state index in [9.17, 15) is 9.18 Å². The zero-order valence-corrected chi connectivity index (χ0v) is 12.3. The lowest BCUT2D eigenvalue weighted by Crippen LogP contribution is -2.34. The molecule has 1 fully saturated rings. The molecule has 1 heterocycles. The molecule has 1 unspecified atom stereocenters. The molecule has 1 atom stereocenters. The van der Waals surface area contributed by atoms with Crippen molar-refractivity contribution in [3.05, 3.63) is 34.1 Å². The molecule has 0 aliphatic carbocycles. The van der Waals surface area contributed by atoms with Gasteiger partial charge in [0, 0.05) is 6.54 Å². The van der Waals surface area contributed by atoms with Crippen LogP contribution in [0.2, 0.25) is 0 Å². The predicted octanol–water partition coefficient (Wildman–Crippen LogP) is 2.47. The Morgan fingerprint density at radius 3 is 2.95 bits per heavy atom. The second kappa shape index (κ2) is 5.56. The van der Waals surface area contributed by atoms with Crippen molar-refractivity contribution in [2.45, 2.75) is 25.7 Å². The summed E-state index contributed by atoms with van der Waals surface area (Å²) in [7, 11) is 0. The fourth-order valence-corrected chi connectivity index (χ4v) is 2.21. The van der Waals surface area contributed by atoms with E-state index in [1.807, 2.05) is 13.8 Å². The van der Waals surface area contributed by atoms with Gasteiger partial charge in [-0.1, -0.05) is 6.07 Å². The summed E-state index contributed by atoms with van der Waals surface area (Å²) in [5.41, 5.74) is 0.00699. The number of carbonyl (C=O) groups excluding carboxylic acids is 1. The molecule has 0 saturated carbocycles. The van der Waals surface area contributed by atoms with E-state index in [1.165, 1.54) is 6.07 Å². The standard InChI is InChI=1S/C13H15BrFNO3/c1-13(2)18-7-8(19-13)6-16-12(17)9-4-3-5-10(14)11(9)15/h3-5,8H,6-7H2,1-2H3,(H,16,17). The number of ether oxygens (including phenoxy) is 2. The van der Waals surface area contributed by atoms with Gasteiger partial charge in [-0.25, -0.2) is 4.39 Å². The van der Waals surface area contributed by atoms with E-state index < -0.39 is 17.5 Å². The van der Waals surface area contributed by atoms with E-state index >= 15 is 0 Å². The van der Waals surface area contributed by atoms with E-state index in [1.54, 1.807) is 12.1 Å². The molecule has 0 aromatic heterocycles. The Hall–Kier alpha value is -0.980. The van der Waals surface area contributed by atoms with Gasteiger partial charge in [-0.3, -0.25) is 4.79 Å². The highest BCUT2D eigenvalue weighted by Gasteiger charge is 2.32. The van der Waals surface area contributed by atoms with Crippen LogP contribution in [0.1, 0.15) is 24.2 Å². The van der Waals surface area contributed by atoms with Crippen LogP contribution in [-0.4, -0.2) is 30.9 Å². The zero-order valence-electron chi connectivity index (χ0n) is 10.7. The van der Waals surface area contributed by atoms with E-state index in [4.69, 9.17) is 9.47 Å². The maximum Gasteiger partial charge on any atom is 0.254 e. The maximum absolute atomic E-state index is 13.7. The molecule has 1 aromatic carbocycles. The second-order valence-corrected chi connectivity index (χ2v) is 5.62. The monoisotopic (exact) mass is 331 g/mol. The van der Waals surface area contributed by atoms with Crippen molar-refractivity contribution in [2.75, 3.05) is 13.2 Å². The van der Waals surface area contributed by atoms with E-state index in [-0.39, 0.29) is 22.7 Å². The molecule has 1 amide bonds. The first kappa shape index (κ1) is 14.4. The van der Waals surface area contributed by atoms with Crippen molar-refractivity contribution in [3.63, 3.8) is 0 Å². The molecule has 0 spiro atoms. The fraction of sp³-hybridized carbons (Fsp3) is 0.462. The SMILES string of the molecule is CC1(C)OCC(CNC(=O)c2cccc(Br)c2F)O1. The third-order valence-corrected chi connectivity index (χ3v) is 3.37. The van der Waals surface area contributed by atoms with E-state index in [0.29, 0.717) is 6.61 Å². The van der Waals surface area contributed by atoms with Crippen molar-refractivity contribution in [1.29, 1.82) is 0 Å².